The highest BCUT2D eigenvalue weighted by Gasteiger charge is 2.39. The molecule has 2 aliphatic rings. The fourth-order valence-corrected chi connectivity index (χ4v) is 3.60. The SMILES string of the molecule is CC1CC2CCCCC2N1CCCC(=O)O. The van der Waals surface area contributed by atoms with Crippen LogP contribution in [0.2, 0.25) is 0 Å². The molecule has 3 nitrogen and oxygen atoms in total. The molecule has 0 aromatic carbocycles. The molecule has 0 radical (unpaired) electrons. The fourth-order valence-electron chi connectivity index (χ4n) is 3.60. The Morgan fingerprint density at radius 1 is 1.38 bits per heavy atom. The van der Waals surface area contributed by atoms with Gasteiger partial charge in [-0.25, -0.2) is 0 Å². The van der Waals surface area contributed by atoms with E-state index >= 15 is 0 Å². The predicted molar refractivity (Wildman–Crippen MR) is 63.4 cm³/mol. The van der Waals surface area contributed by atoms with Crippen molar-refractivity contribution < 1.29 is 9.90 Å². The zero-order chi connectivity index (χ0) is 11.5. The Kier molecular flexibility index (Phi) is 3.85. The van der Waals surface area contributed by atoms with Crippen LogP contribution in [0.5, 0.6) is 0 Å². The van der Waals surface area contributed by atoms with Crippen LogP contribution in [0.15, 0.2) is 0 Å². The maximum Gasteiger partial charge on any atom is 0.303 e. The van der Waals surface area contributed by atoms with E-state index in [0.29, 0.717) is 12.5 Å². The van der Waals surface area contributed by atoms with Gasteiger partial charge in [-0.05, 0) is 45.1 Å². The molecule has 1 aliphatic carbocycles. The monoisotopic (exact) mass is 225 g/mol. The molecule has 1 N–H and O–H groups in total. The summed E-state index contributed by atoms with van der Waals surface area (Å²) in [5.41, 5.74) is 0. The molecule has 1 saturated heterocycles. The summed E-state index contributed by atoms with van der Waals surface area (Å²) in [7, 11) is 0. The second-order valence-corrected chi connectivity index (χ2v) is 5.43. The Hall–Kier alpha value is -0.570. The maximum atomic E-state index is 10.5. The van der Waals surface area contributed by atoms with Crippen molar-refractivity contribution in [2.75, 3.05) is 6.54 Å². The molecule has 0 aromatic heterocycles. The first-order valence-corrected chi connectivity index (χ1v) is 6.66. The smallest absolute Gasteiger partial charge is 0.303 e. The topological polar surface area (TPSA) is 40.5 Å². The third kappa shape index (κ3) is 2.57. The van der Waals surface area contributed by atoms with E-state index < -0.39 is 5.97 Å². The molecule has 16 heavy (non-hydrogen) atoms. The van der Waals surface area contributed by atoms with Gasteiger partial charge in [-0.15, -0.1) is 0 Å². The zero-order valence-corrected chi connectivity index (χ0v) is 10.2. The molecule has 2 rings (SSSR count). The van der Waals surface area contributed by atoms with Crippen LogP contribution >= 0.6 is 0 Å². The molecule has 3 heteroatoms. The Balaban J connectivity index is 1.85. The van der Waals surface area contributed by atoms with Gasteiger partial charge >= 0.3 is 5.97 Å². The van der Waals surface area contributed by atoms with Crippen LogP contribution in [0.25, 0.3) is 0 Å². The van der Waals surface area contributed by atoms with E-state index in [9.17, 15) is 4.79 Å². The average molecular weight is 225 g/mol. The highest BCUT2D eigenvalue weighted by atomic mass is 16.4. The van der Waals surface area contributed by atoms with Crippen molar-refractivity contribution in [3.8, 4) is 0 Å². The van der Waals surface area contributed by atoms with Crippen molar-refractivity contribution >= 4 is 5.97 Å². The van der Waals surface area contributed by atoms with E-state index in [1.54, 1.807) is 0 Å². The minimum atomic E-state index is -0.660. The Labute approximate surface area is 97.8 Å². The Morgan fingerprint density at radius 3 is 2.88 bits per heavy atom. The standard InChI is InChI=1S/C13H23NO2/c1-10-9-11-5-2-3-6-12(11)14(10)8-4-7-13(15)16/h10-12H,2-9H2,1H3,(H,15,16). The summed E-state index contributed by atoms with van der Waals surface area (Å²) in [6.45, 7) is 3.29. The molecular formula is C13H23NO2. The van der Waals surface area contributed by atoms with E-state index in [-0.39, 0.29) is 0 Å². The van der Waals surface area contributed by atoms with Crippen LogP contribution in [0, 0.1) is 5.92 Å². The molecule has 0 spiro atoms. The predicted octanol–water partition coefficient (Wildman–Crippen LogP) is 2.50. The molecular weight excluding hydrogens is 202 g/mol. The van der Waals surface area contributed by atoms with Crippen LogP contribution in [-0.4, -0.2) is 34.6 Å². The summed E-state index contributed by atoms with van der Waals surface area (Å²) in [6, 6.07) is 1.43. The van der Waals surface area contributed by atoms with Crippen molar-refractivity contribution in [2.24, 2.45) is 5.92 Å². The minimum absolute atomic E-state index is 0.320. The van der Waals surface area contributed by atoms with Gasteiger partial charge in [0.15, 0.2) is 0 Å². The number of hydrogen-bond acceptors (Lipinski definition) is 2. The number of nitrogens with zero attached hydrogens (tertiary/aromatic N) is 1. The van der Waals surface area contributed by atoms with Crippen molar-refractivity contribution in [3.05, 3.63) is 0 Å². The maximum absolute atomic E-state index is 10.5. The highest BCUT2D eigenvalue weighted by Crippen LogP contribution is 2.39. The van der Waals surface area contributed by atoms with Gasteiger partial charge < -0.3 is 5.11 Å². The summed E-state index contributed by atoms with van der Waals surface area (Å²) >= 11 is 0. The molecule has 92 valence electrons. The molecule has 0 amide bonds. The van der Waals surface area contributed by atoms with Gasteiger partial charge in [0.1, 0.15) is 0 Å². The lowest BCUT2D eigenvalue weighted by Crippen LogP contribution is -2.38. The Morgan fingerprint density at radius 2 is 2.12 bits per heavy atom. The van der Waals surface area contributed by atoms with E-state index in [4.69, 9.17) is 5.11 Å². The molecule has 0 bridgehead atoms. The summed E-state index contributed by atoms with van der Waals surface area (Å²) in [4.78, 5) is 13.1. The van der Waals surface area contributed by atoms with Gasteiger partial charge in [-0.2, -0.15) is 0 Å². The number of likely N-dealkylation sites (tertiary alicyclic amines) is 1. The summed E-state index contributed by atoms with van der Waals surface area (Å²) in [5.74, 6) is 0.237. The number of fused-ring (bicyclic) bond motifs is 1. The minimum Gasteiger partial charge on any atom is -0.481 e. The summed E-state index contributed by atoms with van der Waals surface area (Å²) in [5, 5.41) is 8.67. The second-order valence-electron chi connectivity index (χ2n) is 5.43. The quantitative estimate of drug-likeness (QED) is 0.799. The number of hydrogen-bond donors (Lipinski definition) is 1. The van der Waals surface area contributed by atoms with Gasteiger partial charge in [0.2, 0.25) is 0 Å². The van der Waals surface area contributed by atoms with E-state index in [0.717, 1.165) is 24.9 Å². The van der Waals surface area contributed by atoms with Crippen LogP contribution in [-0.2, 0) is 4.79 Å². The number of carboxylic acids is 1. The van der Waals surface area contributed by atoms with Gasteiger partial charge in [0.05, 0.1) is 0 Å². The molecule has 1 aliphatic heterocycles. The summed E-state index contributed by atoms with van der Waals surface area (Å²) < 4.78 is 0. The molecule has 0 aromatic rings. The first-order chi connectivity index (χ1) is 7.68. The van der Waals surface area contributed by atoms with Crippen molar-refractivity contribution in [2.45, 2.75) is 64.0 Å². The second kappa shape index (κ2) is 5.17. The van der Waals surface area contributed by atoms with Crippen molar-refractivity contribution in [3.63, 3.8) is 0 Å². The van der Waals surface area contributed by atoms with Crippen molar-refractivity contribution in [1.82, 2.24) is 4.90 Å². The van der Waals surface area contributed by atoms with E-state index in [2.05, 4.69) is 11.8 Å². The van der Waals surface area contributed by atoms with Crippen molar-refractivity contribution in [1.29, 1.82) is 0 Å². The van der Waals surface area contributed by atoms with Crippen LogP contribution in [0.1, 0.15) is 51.9 Å². The molecule has 1 saturated carbocycles. The van der Waals surface area contributed by atoms with Crippen LogP contribution in [0.4, 0.5) is 0 Å². The molecule has 3 unspecified atom stereocenters. The molecule has 3 atom stereocenters. The lowest BCUT2D eigenvalue weighted by atomic mass is 9.85. The first kappa shape index (κ1) is 11.9. The fraction of sp³-hybridized carbons (Fsp3) is 0.923. The number of rotatable bonds is 4. The van der Waals surface area contributed by atoms with Crippen LogP contribution < -0.4 is 0 Å². The summed E-state index contributed by atoms with van der Waals surface area (Å²) in [6.07, 6.45) is 7.95. The lowest BCUT2D eigenvalue weighted by molar-refractivity contribution is -0.137. The van der Waals surface area contributed by atoms with E-state index in [1.807, 2.05) is 0 Å². The lowest BCUT2D eigenvalue weighted by Gasteiger charge is -2.33. The Bertz CT molecular complexity index is 254. The van der Waals surface area contributed by atoms with Gasteiger partial charge in [-0.3, -0.25) is 9.69 Å². The number of aliphatic carboxylic acids is 1. The van der Waals surface area contributed by atoms with Gasteiger partial charge in [0.25, 0.3) is 0 Å². The number of carboxylic acid groups (broad SMARTS) is 1. The first-order valence-electron chi connectivity index (χ1n) is 6.66. The number of carbonyl (C=O) groups is 1. The average Bonchev–Trinajstić information content (AvgIpc) is 2.55. The zero-order valence-electron chi connectivity index (χ0n) is 10.2. The van der Waals surface area contributed by atoms with E-state index in [1.165, 1.54) is 32.1 Å². The third-order valence-corrected chi connectivity index (χ3v) is 4.31. The normalized spacial score (nSPS) is 34.9. The van der Waals surface area contributed by atoms with Gasteiger partial charge in [0, 0.05) is 18.5 Å². The molecule has 1 heterocycles. The van der Waals surface area contributed by atoms with Crippen LogP contribution in [0.3, 0.4) is 0 Å². The molecule has 2 fully saturated rings. The largest absolute Gasteiger partial charge is 0.481 e. The van der Waals surface area contributed by atoms with Gasteiger partial charge in [-0.1, -0.05) is 12.8 Å². The highest BCUT2D eigenvalue weighted by molar-refractivity contribution is 5.66. The third-order valence-electron chi connectivity index (χ3n) is 4.31.